The van der Waals surface area contributed by atoms with Crippen molar-refractivity contribution in [3.63, 3.8) is 0 Å². The molecule has 0 aromatic carbocycles. The van der Waals surface area contributed by atoms with Gasteiger partial charge in [0.05, 0.1) is 0 Å². The van der Waals surface area contributed by atoms with Crippen LogP contribution in [0.4, 0.5) is 13.2 Å². The Morgan fingerprint density at radius 3 is 1.82 bits per heavy atom. The third-order valence-electron chi connectivity index (χ3n) is 2.70. The molecule has 17 heavy (non-hydrogen) atoms. The highest BCUT2D eigenvalue weighted by Gasteiger charge is 2.38. The van der Waals surface area contributed by atoms with Crippen LogP contribution in [-0.2, 0) is 0 Å². The average molecular weight is 253 g/mol. The van der Waals surface area contributed by atoms with E-state index in [-0.39, 0.29) is 12.5 Å². The van der Waals surface area contributed by atoms with Gasteiger partial charge in [-0.1, -0.05) is 53.4 Å². The number of nitrogens with one attached hydrogen (secondary N) is 1. The van der Waals surface area contributed by atoms with Crippen molar-refractivity contribution in [2.75, 3.05) is 0 Å². The highest BCUT2D eigenvalue weighted by Crippen LogP contribution is 2.25. The second-order valence-electron chi connectivity index (χ2n) is 5.45. The SMILES string of the molecule is CC(C)CCCCCC(NC(C)C)C(F)(F)F. The summed E-state index contributed by atoms with van der Waals surface area (Å²) in [6.07, 6.45) is -0.249. The van der Waals surface area contributed by atoms with E-state index in [2.05, 4.69) is 19.2 Å². The van der Waals surface area contributed by atoms with E-state index in [4.69, 9.17) is 0 Å². The molecule has 0 aromatic rings. The van der Waals surface area contributed by atoms with E-state index < -0.39 is 12.2 Å². The van der Waals surface area contributed by atoms with Crippen LogP contribution >= 0.6 is 0 Å². The van der Waals surface area contributed by atoms with Crippen LogP contribution in [0.1, 0.15) is 59.8 Å². The van der Waals surface area contributed by atoms with Gasteiger partial charge in [-0.25, -0.2) is 0 Å². The summed E-state index contributed by atoms with van der Waals surface area (Å²) < 4.78 is 38.0. The minimum Gasteiger partial charge on any atom is -0.304 e. The van der Waals surface area contributed by atoms with Gasteiger partial charge in [0.1, 0.15) is 6.04 Å². The zero-order chi connectivity index (χ0) is 13.5. The molecule has 1 N–H and O–H groups in total. The number of hydrogen-bond donors (Lipinski definition) is 1. The lowest BCUT2D eigenvalue weighted by molar-refractivity contribution is -0.159. The minimum absolute atomic E-state index is 0.128. The molecule has 0 heterocycles. The molecule has 0 aliphatic heterocycles. The van der Waals surface area contributed by atoms with Gasteiger partial charge < -0.3 is 5.32 Å². The van der Waals surface area contributed by atoms with Crippen molar-refractivity contribution >= 4 is 0 Å². The van der Waals surface area contributed by atoms with Crippen LogP contribution in [-0.4, -0.2) is 18.3 Å². The second kappa shape index (κ2) is 7.96. The summed E-state index contributed by atoms with van der Waals surface area (Å²) in [5, 5.41) is 2.59. The Labute approximate surface area is 103 Å². The van der Waals surface area contributed by atoms with Crippen molar-refractivity contribution in [1.29, 1.82) is 0 Å². The third-order valence-corrected chi connectivity index (χ3v) is 2.70. The molecule has 1 unspecified atom stereocenters. The first-order valence-corrected chi connectivity index (χ1v) is 6.56. The van der Waals surface area contributed by atoms with E-state index in [9.17, 15) is 13.2 Å². The van der Waals surface area contributed by atoms with E-state index in [1.54, 1.807) is 13.8 Å². The topological polar surface area (TPSA) is 12.0 Å². The fraction of sp³-hybridized carbons (Fsp3) is 1.00. The number of halogens is 3. The van der Waals surface area contributed by atoms with Crippen LogP contribution in [0, 0.1) is 5.92 Å². The first kappa shape index (κ1) is 16.8. The maximum absolute atomic E-state index is 12.7. The standard InChI is InChI=1S/C13H26F3N/c1-10(2)8-6-5-7-9-12(13(14,15)16)17-11(3)4/h10-12,17H,5-9H2,1-4H3. The van der Waals surface area contributed by atoms with Gasteiger partial charge in [-0.15, -0.1) is 0 Å². The summed E-state index contributed by atoms with van der Waals surface area (Å²) in [4.78, 5) is 0. The molecular formula is C13H26F3N. The zero-order valence-electron chi connectivity index (χ0n) is 11.4. The molecule has 0 saturated heterocycles. The van der Waals surface area contributed by atoms with Gasteiger partial charge in [-0.3, -0.25) is 0 Å². The maximum atomic E-state index is 12.7. The summed E-state index contributed by atoms with van der Waals surface area (Å²) in [6, 6.07) is -1.47. The molecule has 0 spiro atoms. The number of rotatable bonds is 8. The predicted molar refractivity (Wildman–Crippen MR) is 66.0 cm³/mol. The average Bonchev–Trinajstić information content (AvgIpc) is 2.12. The van der Waals surface area contributed by atoms with Crippen LogP contribution in [0.15, 0.2) is 0 Å². The quantitative estimate of drug-likeness (QED) is 0.627. The van der Waals surface area contributed by atoms with E-state index in [1.165, 1.54) is 0 Å². The Hall–Kier alpha value is -0.250. The van der Waals surface area contributed by atoms with E-state index >= 15 is 0 Å². The molecule has 0 aliphatic rings. The van der Waals surface area contributed by atoms with E-state index in [0.29, 0.717) is 12.3 Å². The van der Waals surface area contributed by atoms with Gasteiger partial charge in [-0.05, 0) is 12.3 Å². The lowest BCUT2D eigenvalue weighted by Crippen LogP contribution is -2.45. The predicted octanol–water partition coefficient (Wildman–Crippen LogP) is 4.52. The molecule has 1 nitrogen and oxygen atoms in total. The minimum atomic E-state index is -4.12. The summed E-state index contributed by atoms with van der Waals surface area (Å²) in [6.45, 7) is 7.77. The van der Waals surface area contributed by atoms with Gasteiger partial charge in [0.2, 0.25) is 0 Å². The normalized spacial score (nSPS) is 14.6. The highest BCUT2D eigenvalue weighted by molar-refractivity contribution is 4.76. The molecule has 1 atom stereocenters. The third kappa shape index (κ3) is 9.45. The molecular weight excluding hydrogens is 227 g/mol. The lowest BCUT2D eigenvalue weighted by atomic mass is 10.0. The smallest absolute Gasteiger partial charge is 0.304 e. The fourth-order valence-corrected chi connectivity index (χ4v) is 1.82. The zero-order valence-corrected chi connectivity index (χ0v) is 11.4. The molecule has 0 saturated carbocycles. The molecule has 0 bridgehead atoms. The van der Waals surface area contributed by atoms with Crippen molar-refractivity contribution in [3.05, 3.63) is 0 Å². The summed E-state index contributed by atoms with van der Waals surface area (Å²) >= 11 is 0. The Balaban J connectivity index is 3.85. The van der Waals surface area contributed by atoms with Crippen LogP contribution in [0.2, 0.25) is 0 Å². The summed E-state index contributed by atoms with van der Waals surface area (Å²) in [5.41, 5.74) is 0. The van der Waals surface area contributed by atoms with E-state index in [1.807, 2.05) is 0 Å². The van der Waals surface area contributed by atoms with Gasteiger partial charge in [0.15, 0.2) is 0 Å². The van der Waals surface area contributed by atoms with Gasteiger partial charge in [0.25, 0.3) is 0 Å². The van der Waals surface area contributed by atoms with E-state index in [0.717, 1.165) is 19.3 Å². The Morgan fingerprint density at radius 2 is 1.41 bits per heavy atom. The Morgan fingerprint density at radius 1 is 0.882 bits per heavy atom. The van der Waals surface area contributed by atoms with Gasteiger partial charge in [0, 0.05) is 6.04 Å². The number of unbranched alkanes of at least 4 members (excludes halogenated alkanes) is 2. The molecule has 0 aliphatic carbocycles. The van der Waals surface area contributed by atoms with Crippen molar-refractivity contribution in [3.8, 4) is 0 Å². The van der Waals surface area contributed by atoms with Crippen LogP contribution in [0.25, 0.3) is 0 Å². The number of hydrogen-bond acceptors (Lipinski definition) is 1. The number of alkyl halides is 3. The maximum Gasteiger partial charge on any atom is 0.403 e. The monoisotopic (exact) mass is 253 g/mol. The van der Waals surface area contributed by atoms with Gasteiger partial charge in [-0.2, -0.15) is 13.2 Å². The molecule has 0 fully saturated rings. The first-order chi connectivity index (χ1) is 7.73. The van der Waals surface area contributed by atoms with Crippen molar-refractivity contribution < 1.29 is 13.2 Å². The molecule has 4 heteroatoms. The van der Waals surface area contributed by atoms with Crippen LogP contribution in [0.5, 0.6) is 0 Å². The molecule has 0 aromatic heterocycles. The Bertz CT molecular complexity index is 188. The van der Waals surface area contributed by atoms with Crippen molar-refractivity contribution in [2.24, 2.45) is 5.92 Å². The Kier molecular flexibility index (Phi) is 7.84. The van der Waals surface area contributed by atoms with Gasteiger partial charge >= 0.3 is 6.18 Å². The lowest BCUT2D eigenvalue weighted by Gasteiger charge is -2.23. The fourth-order valence-electron chi connectivity index (χ4n) is 1.82. The summed E-state index contributed by atoms with van der Waals surface area (Å²) in [7, 11) is 0. The summed E-state index contributed by atoms with van der Waals surface area (Å²) in [5.74, 6) is 0.641. The van der Waals surface area contributed by atoms with Crippen LogP contribution < -0.4 is 5.32 Å². The molecule has 0 radical (unpaired) electrons. The highest BCUT2D eigenvalue weighted by atomic mass is 19.4. The molecule has 104 valence electrons. The van der Waals surface area contributed by atoms with Crippen molar-refractivity contribution in [2.45, 2.75) is 78.1 Å². The molecule has 0 amide bonds. The van der Waals surface area contributed by atoms with Crippen LogP contribution in [0.3, 0.4) is 0 Å². The van der Waals surface area contributed by atoms with Crippen molar-refractivity contribution in [1.82, 2.24) is 5.32 Å². The largest absolute Gasteiger partial charge is 0.403 e. The first-order valence-electron chi connectivity index (χ1n) is 6.56. The second-order valence-corrected chi connectivity index (χ2v) is 5.45. The molecule has 0 rings (SSSR count).